The summed E-state index contributed by atoms with van der Waals surface area (Å²) in [6.45, 7) is 0.717. The van der Waals surface area contributed by atoms with Gasteiger partial charge in [0.05, 0.1) is 12.0 Å². The molecule has 6 heteroatoms. The highest BCUT2D eigenvalue weighted by molar-refractivity contribution is 8.18. The molecule has 1 N–H and O–H groups in total. The Kier molecular flexibility index (Phi) is 4.26. The molecule has 0 atom stereocenters. The quantitative estimate of drug-likeness (QED) is 0.710. The first-order valence-corrected chi connectivity index (χ1v) is 8.91. The summed E-state index contributed by atoms with van der Waals surface area (Å²) in [5.41, 5.74) is 3.12. The molecule has 0 unspecified atom stereocenters. The average molecular weight is 364 g/mol. The van der Waals surface area contributed by atoms with E-state index < -0.39 is 0 Å². The van der Waals surface area contributed by atoms with Crippen molar-refractivity contribution in [3.8, 4) is 5.75 Å². The van der Waals surface area contributed by atoms with E-state index in [-0.39, 0.29) is 11.1 Å². The van der Waals surface area contributed by atoms with Crippen LogP contribution < -0.4 is 10.1 Å². The fourth-order valence-electron chi connectivity index (χ4n) is 3.04. The summed E-state index contributed by atoms with van der Waals surface area (Å²) in [5.74, 6) is 0.492. The van der Waals surface area contributed by atoms with Gasteiger partial charge in [-0.3, -0.25) is 14.9 Å². The molecule has 1 aromatic heterocycles. The van der Waals surface area contributed by atoms with Gasteiger partial charge in [0.25, 0.3) is 11.1 Å². The monoisotopic (exact) mass is 364 g/mol. The van der Waals surface area contributed by atoms with Crippen LogP contribution in [0.5, 0.6) is 5.75 Å². The molecule has 0 radical (unpaired) electrons. The Hall–Kier alpha value is -2.99. The van der Waals surface area contributed by atoms with Gasteiger partial charge in [-0.2, -0.15) is 0 Å². The summed E-state index contributed by atoms with van der Waals surface area (Å²) in [4.78, 5) is 23.6. The van der Waals surface area contributed by atoms with E-state index in [0.717, 1.165) is 39.5 Å². The Bertz CT molecular complexity index is 1050. The molecule has 1 aliphatic heterocycles. The van der Waals surface area contributed by atoms with Crippen LogP contribution in [0, 0.1) is 0 Å². The number of rotatable bonds is 4. The first kappa shape index (κ1) is 16.5. The molecule has 0 bridgehead atoms. The third-order valence-corrected chi connectivity index (χ3v) is 5.07. The number of carbonyl (C=O) groups excluding carboxylic acids is 2. The lowest BCUT2D eigenvalue weighted by atomic mass is 10.1. The van der Waals surface area contributed by atoms with Crippen LogP contribution in [0.3, 0.4) is 0 Å². The molecule has 26 heavy (non-hydrogen) atoms. The number of ether oxygens (including phenoxy) is 1. The second-order valence-corrected chi connectivity index (χ2v) is 6.94. The molecule has 1 saturated heterocycles. The number of amides is 2. The third-order valence-electron chi connectivity index (χ3n) is 4.26. The summed E-state index contributed by atoms with van der Waals surface area (Å²) in [6, 6.07) is 16.0. The van der Waals surface area contributed by atoms with E-state index >= 15 is 0 Å². The second kappa shape index (κ2) is 6.72. The van der Waals surface area contributed by atoms with Crippen molar-refractivity contribution in [1.29, 1.82) is 0 Å². The van der Waals surface area contributed by atoms with Crippen molar-refractivity contribution < 1.29 is 14.3 Å². The van der Waals surface area contributed by atoms with Crippen molar-refractivity contribution in [2.45, 2.75) is 6.54 Å². The van der Waals surface area contributed by atoms with Crippen molar-refractivity contribution in [2.24, 2.45) is 0 Å². The number of aromatic nitrogens is 1. The van der Waals surface area contributed by atoms with E-state index in [0.29, 0.717) is 11.4 Å². The maximum absolute atomic E-state index is 11.8. The molecular weight excluding hydrogens is 348 g/mol. The summed E-state index contributed by atoms with van der Waals surface area (Å²) in [5, 5.41) is 2.99. The molecule has 1 fully saturated rings. The van der Waals surface area contributed by atoms with E-state index in [9.17, 15) is 9.59 Å². The van der Waals surface area contributed by atoms with Gasteiger partial charge in [0.2, 0.25) is 0 Å². The SMILES string of the molecule is COc1cccc(Cn2ccc3c(/C=C4\SC(=O)NC4=O)cccc32)c1. The lowest BCUT2D eigenvalue weighted by molar-refractivity contribution is -0.115. The van der Waals surface area contributed by atoms with Crippen molar-refractivity contribution in [3.05, 3.63) is 70.8 Å². The number of carbonyl (C=O) groups is 2. The maximum atomic E-state index is 11.8. The Morgan fingerprint density at radius 3 is 2.77 bits per heavy atom. The molecule has 0 saturated carbocycles. The zero-order valence-electron chi connectivity index (χ0n) is 14.1. The molecular formula is C20H16N2O3S. The Balaban J connectivity index is 1.70. The number of benzene rings is 2. The van der Waals surface area contributed by atoms with Crippen molar-refractivity contribution in [3.63, 3.8) is 0 Å². The number of fused-ring (bicyclic) bond motifs is 1. The van der Waals surface area contributed by atoms with Gasteiger partial charge in [0.1, 0.15) is 5.75 Å². The highest BCUT2D eigenvalue weighted by Crippen LogP contribution is 2.29. The standard InChI is InChI=1S/C20H16N2O3S/c1-25-15-6-2-4-13(10-15)12-22-9-8-16-14(5-3-7-17(16)22)11-18-19(23)21-20(24)26-18/h2-11H,12H2,1H3,(H,21,23,24)/b18-11-. The minimum atomic E-state index is -0.340. The maximum Gasteiger partial charge on any atom is 0.290 e. The molecule has 2 amide bonds. The van der Waals surface area contributed by atoms with Gasteiger partial charge in [-0.05, 0) is 53.2 Å². The van der Waals surface area contributed by atoms with Gasteiger partial charge >= 0.3 is 0 Å². The van der Waals surface area contributed by atoms with Gasteiger partial charge in [0.15, 0.2) is 0 Å². The van der Waals surface area contributed by atoms with E-state index in [4.69, 9.17) is 4.74 Å². The summed E-state index contributed by atoms with van der Waals surface area (Å²) < 4.78 is 7.44. The van der Waals surface area contributed by atoms with E-state index in [1.54, 1.807) is 13.2 Å². The number of methoxy groups -OCH3 is 1. The molecule has 2 heterocycles. The molecule has 5 nitrogen and oxygen atoms in total. The molecule has 1 aliphatic rings. The molecule has 0 spiro atoms. The number of hydrogen-bond acceptors (Lipinski definition) is 4. The van der Waals surface area contributed by atoms with Gasteiger partial charge in [-0.15, -0.1) is 0 Å². The van der Waals surface area contributed by atoms with E-state index in [2.05, 4.69) is 16.0 Å². The zero-order valence-corrected chi connectivity index (χ0v) is 14.9. The first-order valence-electron chi connectivity index (χ1n) is 8.10. The molecule has 130 valence electrons. The van der Waals surface area contributed by atoms with Crippen LogP contribution in [-0.2, 0) is 11.3 Å². The smallest absolute Gasteiger partial charge is 0.290 e. The van der Waals surface area contributed by atoms with Crippen LogP contribution in [0.25, 0.3) is 17.0 Å². The van der Waals surface area contributed by atoms with Gasteiger partial charge in [0, 0.05) is 23.6 Å². The molecule has 0 aliphatic carbocycles. The fraction of sp³-hybridized carbons (Fsp3) is 0.100. The highest BCUT2D eigenvalue weighted by atomic mass is 32.2. The van der Waals surface area contributed by atoms with Crippen LogP contribution in [0.2, 0.25) is 0 Å². The average Bonchev–Trinajstić information content (AvgIpc) is 3.19. The topological polar surface area (TPSA) is 60.3 Å². The van der Waals surface area contributed by atoms with Gasteiger partial charge < -0.3 is 9.30 Å². The summed E-state index contributed by atoms with van der Waals surface area (Å²) in [6.07, 6.45) is 3.79. The lowest BCUT2D eigenvalue weighted by Gasteiger charge is -2.08. The van der Waals surface area contributed by atoms with E-state index in [1.165, 1.54) is 0 Å². The number of thioether (sulfide) groups is 1. The Morgan fingerprint density at radius 2 is 2.00 bits per heavy atom. The Labute approximate surface area is 154 Å². The van der Waals surface area contributed by atoms with Gasteiger partial charge in [-0.1, -0.05) is 24.3 Å². The van der Waals surface area contributed by atoms with Crippen molar-refractivity contribution in [1.82, 2.24) is 9.88 Å². The normalized spacial score (nSPS) is 15.7. The third kappa shape index (κ3) is 3.11. The van der Waals surface area contributed by atoms with E-state index in [1.807, 2.05) is 48.7 Å². The lowest BCUT2D eigenvalue weighted by Crippen LogP contribution is -2.17. The molecule has 4 rings (SSSR count). The number of imide groups is 1. The number of hydrogen-bond donors (Lipinski definition) is 1. The van der Waals surface area contributed by atoms with Crippen LogP contribution in [0.4, 0.5) is 4.79 Å². The summed E-state index contributed by atoms with van der Waals surface area (Å²) in [7, 11) is 1.66. The molecule has 3 aromatic rings. The number of nitrogens with zero attached hydrogens (tertiary/aromatic N) is 1. The van der Waals surface area contributed by atoms with Crippen molar-refractivity contribution in [2.75, 3.05) is 7.11 Å². The van der Waals surface area contributed by atoms with Crippen molar-refractivity contribution >= 4 is 39.9 Å². The van der Waals surface area contributed by atoms with Gasteiger partial charge in [-0.25, -0.2) is 0 Å². The Morgan fingerprint density at radius 1 is 1.15 bits per heavy atom. The van der Waals surface area contributed by atoms with Crippen LogP contribution >= 0.6 is 11.8 Å². The van der Waals surface area contributed by atoms with Crippen LogP contribution in [0.1, 0.15) is 11.1 Å². The fourth-order valence-corrected chi connectivity index (χ4v) is 3.71. The highest BCUT2D eigenvalue weighted by Gasteiger charge is 2.25. The minimum absolute atomic E-state index is 0.330. The molecule has 2 aromatic carbocycles. The van der Waals surface area contributed by atoms with Crippen LogP contribution in [-0.4, -0.2) is 22.8 Å². The number of nitrogens with one attached hydrogen (secondary N) is 1. The predicted molar refractivity (Wildman–Crippen MR) is 103 cm³/mol. The van der Waals surface area contributed by atoms with Crippen LogP contribution in [0.15, 0.2) is 59.6 Å². The largest absolute Gasteiger partial charge is 0.497 e. The predicted octanol–water partition coefficient (Wildman–Crippen LogP) is 4.02. The second-order valence-electron chi connectivity index (χ2n) is 5.93. The summed E-state index contributed by atoms with van der Waals surface area (Å²) >= 11 is 0.931. The minimum Gasteiger partial charge on any atom is -0.497 e. The zero-order chi connectivity index (χ0) is 18.1. The first-order chi connectivity index (χ1) is 12.6.